The molecule has 2 aromatic rings. The van der Waals surface area contributed by atoms with Crippen LogP contribution in [0.2, 0.25) is 5.02 Å². The Balaban J connectivity index is 1.91. The van der Waals surface area contributed by atoms with Gasteiger partial charge in [0.2, 0.25) is 0 Å². The van der Waals surface area contributed by atoms with Gasteiger partial charge < -0.3 is 14.6 Å². The number of hydrogen-bond donors (Lipinski definition) is 1. The molecule has 2 heterocycles. The number of benzene rings is 1. The summed E-state index contributed by atoms with van der Waals surface area (Å²) in [5, 5.41) is 9.95. The molecular weight excluding hydrogens is 312 g/mol. The lowest BCUT2D eigenvalue weighted by atomic mass is 10.1. The summed E-state index contributed by atoms with van der Waals surface area (Å²) in [5.41, 5.74) is 3.68. The molecule has 23 heavy (non-hydrogen) atoms. The van der Waals surface area contributed by atoms with Crippen LogP contribution >= 0.6 is 11.6 Å². The van der Waals surface area contributed by atoms with E-state index in [9.17, 15) is 9.90 Å². The van der Waals surface area contributed by atoms with Gasteiger partial charge in [0.05, 0.1) is 5.56 Å². The third kappa shape index (κ3) is 3.01. The van der Waals surface area contributed by atoms with E-state index in [2.05, 4.69) is 4.57 Å². The number of nitrogens with zero attached hydrogens (tertiary/aromatic N) is 2. The van der Waals surface area contributed by atoms with Gasteiger partial charge in [-0.1, -0.05) is 11.6 Å². The lowest BCUT2D eigenvalue weighted by Gasteiger charge is -2.16. The van der Waals surface area contributed by atoms with Crippen molar-refractivity contribution in [2.24, 2.45) is 5.92 Å². The van der Waals surface area contributed by atoms with Gasteiger partial charge in [-0.15, -0.1) is 0 Å². The van der Waals surface area contributed by atoms with Crippen LogP contribution < -0.4 is 0 Å². The van der Waals surface area contributed by atoms with Crippen LogP contribution in [0.3, 0.4) is 0 Å². The maximum atomic E-state index is 12.8. The number of rotatable bonds is 3. The van der Waals surface area contributed by atoms with Crippen LogP contribution in [-0.4, -0.2) is 40.2 Å². The maximum absolute atomic E-state index is 12.8. The number of aliphatic hydroxyl groups excluding tert-OH is 1. The second-order valence-electron chi connectivity index (χ2n) is 6.19. The van der Waals surface area contributed by atoms with E-state index in [1.54, 1.807) is 0 Å². The van der Waals surface area contributed by atoms with Gasteiger partial charge in [0.1, 0.15) is 0 Å². The average molecular weight is 333 g/mol. The largest absolute Gasteiger partial charge is 0.396 e. The van der Waals surface area contributed by atoms with Gasteiger partial charge >= 0.3 is 0 Å². The van der Waals surface area contributed by atoms with E-state index in [1.807, 2.05) is 49.1 Å². The van der Waals surface area contributed by atoms with E-state index in [0.29, 0.717) is 18.1 Å². The quantitative estimate of drug-likeness (QED) is 0.938. The molecule has 1 unspecified atom stereocenters. The van der Waals surface area contributed by atoms with Crippen molar-refractivity contribution in [1.29, 1.82) is 0 Å². The average Bonchev–Trinajstić information content (AvgIpc) is 3.13. The van der Waals surface area contributed by atoms with Gasteiger partial charge in [0, 0.05) is 47.7 Å². The Morgan fingerprint density at radius 2 is 2.00 bits per heavy atom. The van der Waals surface area contributed by atoms with Crippen molar-refractivity contribution in [2.45, 2.75) is 20.3 Å². The fourth-order valence-electron chi connectivity index (χ4n) is 3.30. The zero-order valence-electron chi connectivity index (χ0n) is 13.4. The van der Waals surface area contributed by atoms with E-state index >= 15 is 0 Å². The smallest absolute Gasteiger partial charge is 0.255 e. The molecule has 0 aliphatic carbocycles. The minimum absolute atomic E-state index is 0.0502. The highest BCUT2D eigenvalue weighted by Gasteiger charge is 2.28. The van der Waals surface area contributed by atoms with Crippen molar-refractivity contribution in [2.75, 3.05) is 19.7 Å². The first kappa shape index (κ1) is 16.1. The third-order valence-electron chi connectivity index (χ3n) is 4.58. The highest BCUT2D eigenvalue weighted by atomic mass is 35.5. The first-order chi connectivity index (χ1) is 11.0. The summed E-state index contributed by atoms with van der Waals surface area (Å²) in [4.78, 5) is 14.6. The first-order valence-corrected chi connectivity index (χ1v) is 8.24. The molecule has 1 atom stereocenters. The molecule has 1 aliphatic heterocycles. The molecule has 3 rings (SSSR count). The first-order valence-electron chi connectivity index (χ1n) is 7.86. The van der Waals surface area contributed by atoms with Gasteiger partial charge in [0.15, 0.2) is 0 Å². The van der Waals surface area contributed by atoms with Crippen LogP contribution in [0.25, 0.3) is 5.69 Å². The molecular formula is C18H21ClN2O2. The van der Waals surface area contributed by atoms with Crippen molar-refractivity contribution in [3.63, 3.8) is 0 Å². The number of aromatic nitrogens is 1. The Morgan fingerprint density at radius 1 is 1.30 bits per heavy atom. The molecule has 0 saturated carbocycles. The van der Waals surface area contributed by atoms with E-state index in [4.69, 9.17) is 11.6 Å². The van der Waals surface area contributed by atoms with E-state index in [0.717, 1.165) is 29.1 Å². The fourth-order valence-corrected chi connectivity index (χ4v) is 3.43. The Bertz CT molecular complexity index is 721. The topological polar surface area (TPSA) is 45.5 Å². The Labute approximate surface area is 141 Å². The minimum Gasteiger partial charge on any atom is -0.396 e. The van der Waals surface area contributed by atoms with E-state index in [1.165, 1.54) is 0 Å². The number of carbonyl (C=O) groups is 1. The number of amides is 1. The van der Waals surface area contributed by atoms with Gasteiger partial charge in [-0.3, -0.25) is 4.79 Å². The summed E-state index contributed by atoms with van der Waals surface area (Å²) in [6.07, 6.45) is 0.873. The minimum atomic E-state index is 0.0502. The number of aryl methyl sites for hydroxylation is 1. The van der Waals surface area contributed by atoms with Crippen molar-refractivity contribution >= 4 is 17.5 Å². The SMILES string of the molecule is Cc1cc(C(=O)N2CCC(CO)C2)c(C)n1-c1ccc(Cl)cc1. The normalized spacial score (nSPS) is 17.7. The predicted molar refractivity (Wildman–Crippen MR) is 91.3 cm³/mol. The molecule has 0 spiro atoms. The summed E-state index contributed by atoms with van der Waals surface area (Å²) in [7, 11) is 0. The molecule has 0 radical (unpaired) electrons. The van der Waals surface area contributed by atoms with Gasteiger partial charge in [0.25, 0.3) is 5.91 Å². The van der Waals surface area contributed by atoms with Crippen molar-refractivity contribution in [3.05, 3.63) is 52.3 Å². The highest BCUT2D eigenvalue weighted by molar-refractivity contribution is 6.30. The zero-order valence-corrected chi connectivity index (χ0v) is 14.2. The molecule has 1 aliphatic rings. The Hall–Kier alpha value is -1.78. The van der Waals surface area contributed by atoms with Crippen LogP contribution in [-0.2, 0) is 0 Å². The van der Waals surface area contributed by atoms with Gasteiger partial charge in [-0.25, -0.2) is 0 Å². The van der Waals surface area contributed by atoms with Crippen LogP contribution in [0.1, 0.15) is 28.2 Å². The monoisotopic (exact) mass is 332 g/mol. The van der Waals surface area contributed by atoms with Gasteiger partial charge in [-0.2, -0.15) is 0 Å². The number of aliphatic hydroxyl groups is 1. The Morgan fingerprint density at radius 3 is 2.61 bits per heavy atom. The molecule has 4 nitrogen and oxygen atoms in total. The fraction of sp³-hybridized carbons (Fsp3) is 0.389. The predicted octanol–water partition coefficient (Wildman–Crippen LogP) is 3.20. The molecule has 1 saturated heterocycles. The number of carbonyl (C=O) groups excluding carboxylic acids is 1. The Kier molecular flexibility index (Phi) is 4.46. The lowest BCUT2D eigenvalue weighted by Crippen LogP contribution is -2.29. The van der Waals surface area contributed by atoms with Crippen LogP contribution in [0.15, 0.2) is 30.3 Å². The van der Waals surface area contributed by atoms with E-state index < -0.39 is 0 Å². The zero-order chi connectivity index (χ0) is 16.6. The summed E-state index contributed by atoms with van der Waals surface area (Å²) in [5.74, 6) is 0.257. The van der Waals surface area contributed by atoms with Gasteiger partial charge in [-0.05, 0) is 50.6 Å². The molecule has 5 heteroatoms. The van der Waals surface area contributed by atoms with Crippen LogP contribution in [0.4, 0.5) is 0 Å². The summed E-state index contributed by atoms with van der Waals surface area (Å²) < 4.78 is 2.07. The standard InChI is InChI=1S/C18H21ClN2O2/c1-12-9-17(18(23)20-8-7-14(10-20)11-22)13(2)21(12)16-5-3-15(19)4-6-16/h3-6,9,14,22H,7-8,10-11H2,1-2H3. The maximum Gasteiger partial charge on any atom is 0.255 e. The second-order valence-corrected chi connectivity index (χ2v) is 6.62. The van der Waals surface area contributed by atoms with E-state index in [-0.39, 0.29) is 18.4 Å². The van der Waals surface area contributed by atoms with Crippen LogP contribution in [0, 0.1) is 19.8 Å². The van der Waals surface area contributed by atoms with Crippen molar-refractivity contribution in [3.8, 4) is 5.69 Å². The van der Waals surface area contributed by atoms with Crippen molar-refractivity contribution in [1.82, 2.24) is 9.47 Å². The second kappa shape index (κ2) is 6.38. The number of halogens is 1. The lowest BCUT2D eigenvalue weighted by molar-refractivity contribution is 0.0781. The van der Waals surface area contributed by atoms with Crippen LogP contribution in [0.5, 0.6) is 0 Å². The molecule has 1 amide bonds. The van der Waals surface area contributed by atoms with Crippen molar-refractivity contribution < 1.29 is 9.90 Å². The molecule has 1 aromatic carbocycles. The number of likely N-dealkylation sites (tertiary alicyclic amines) is 1. The third-order valence-corrected chi connectivity index (χ3v) is 4.83. The number of hydrogen-bond acceptors (Lipinski definition) is 2. The molecule has 0 bridgehead atoms. The highest BCUT2D eigenvalue weighted by Crippen LogP contribution is 2.25. The molecule has 1 N–H and O–H groups in total. The molecule has 1 fully saturated rings. The molecule has 1 aromatic heterocycles. The summed E-state index contributed by atoms with van der Waals surface area (Å²) in [6, 6.07) is 9.55. The summed E-state index contributed by atoms with van der Waals surface area (Å²) >= 11 is 5.96. The molecule has 122 valence electrons. The summed E-state index contributed by atoms with van der Waals surface area (Å²) in [6.45, 7) is 5.47.